The van der Waals surface area contributed by atoms with Crippen molar-refractivity contribution in [2.75, 3.05) is 32.0 Å². The van der Waals surface area contributed by atoms with E-state index in [1.54, 1.807) is 36.5 Å². The largest absolute Gasteiger partial charge is 0.466 e. The van der Waals surface area contributed by atoms with Crippen LogP contribution in [0.25, 0.3) is 0 Å². The molecule has 180 valence electrons. The number of pyridine rings is 2. The van der Waals surface area contributed by atoms with Gasteiger partial charge >= 0.3 is 5.97 Å². The number of nitrogen functional groups attached to an aromatic ring is 1. The highest BCUT2D eigenvalue weighted by Crippen LogP contribution is 2.07. The van der Waals surface area contributed by atoms with E-state index in [1.807, 2.05) is 31.2 Å². The van der Waals surface area contributed by atoms with Crippen molar-refractivity contribution in [1.82, 2.24) is 20.2 Å². The zero-order chi connectivity index (χ0) is 24.3. The van der Waals surface area contributed by atoms with Gasteiger partial charge in [0.15, 0.2) is 0 Å². The zero-order valence-corrected chi connectivity index (χ0v) is 19.5. The van der Waals surface area contributed by atoms with Gasteiger partial charge in [-0.25, -0.2) is 4.98 Å². The number of hydrogen-bond acceptors (Lipinski definition) is 7. The number of ether oxygens (including phenoxy) is 1. The van der Waals surface area contributed by atoms with Crippen LogP contribution in [0, 0.1) is 0 Å². The summed E-state index contributed by atoms with van der Waals surface area (Å²) >= 11 is 0. The van der Waals surface area contributed by atoms with E-state index in [4.69, 9.17) is 10.5 Å². The fourth-order valence-corrected chi connectivity index (χ4v) is 2.86. The Morgan fingerprint density at radius 1 is 1.03 bits per heavy atom. The highest BCUT2D eigenvalue weighted by atomic mass is 16.5. The molecule has 3 N–H and O–H groups in total. The molecule has 0 aliphatic heterocycles. The Labute approximate surface area is 195 Å². The number of carbonyl (C=O) groups excluding carboxylic acids is 3. The molecular weight excluding hydrogens is 422 g/mol. The van der Waals surface area contributed by atoms with Crippen LogP contribution >= 0.6 is 0 Å². The Bertz CT molecular complexity index is 806. The molecule has 0 aliphatic rings. The smallest absolute Gasteiger partial charge is 0.307 e. The summed E-state index contributed by atoms with van der Waals surface area (Å²) in [5.74, 6) is -0.189. The lowest BCUT2D eigenvalue weighted by molar-refractivity contribution is -0.143. The summed E-state index contributed by atoms with van der Waals surface area (Å²) in [5.41, 5.74) is 6.70. The number of aromatic nitrogens is 2. The lowest BCUT2D eigenvalue weighted by Gasteiger charge is -2.22. The fraction of sp³-hybridized carbons (Fsp3) is 0.458. The molecule has 0 radical (unpaired) electrons. The number of hydrogen-bond donors (Lipinski definition) is 2. The van der Waals surface area contributed by atoms with Gasteiger partial charge in [-0.05, 0) is 49.6 Å². The van der Waals surface area contributed by atoms with Crippen LogP contribution in [0.3, 0.4) is 0 Å². The number of esters is 1. The second-order valence-corrected chi connectivity index (χ2v) is 7.15. The average Bonchev–Trinajstić information content (AvgIpc) is 2.82. The van der Waals surface area contributed by atoms with E-state index >= 15 is 0 Å². The number of nitrogens with two attached hydrogens (primary N) is 1. The highest BCUT2D eigenvalue weighted by molar-refractivity contribution is 5.84. The van der Waals surface area contributed by atoms with Gasteiger partial charge in [0.05, 0.1) is 13.0 Å². The molecular formula is C24H35N5O4. The Kier molecular flexibility index (Phi) is 14.3. The van der Waals surface area contributed by atoms with Crippen LogP contribution in [-0.2, 0) is 25.5 Å². The molecule has 2 heterocycles. The van der Waals surface area contributed by atoms with E-state index in [0.717, 1.165) is 12.0 Å². The monoisotopic (exact) mass is 457 g/mol. The van der Waals surface area contributed by atoms with Crippen molar-refractivity contribution in [3.05, 3.63) is 54.5 Å². The summed E-state index contributed by atoms with van der Waals surface area (Å²) in [4.78, 5) is 45.0. The molecule has 0 bridgehead atoms. The predicted molar refractivity (Wildman–Crippen MR) is 127 cm³/mol. The molecule has 2 rings (SSSR count). The molecule has 0 saturated heterocycles. The van der Waals surface area contributed by atoms with Crippen LogP contribution in [0.5, 0.6) is 0 Å². The third-order valence-corrected chi connectivity index (χ3v) is 4.45. The van der Waals surface area contributed by atoms with Crippen molar-refractivity contribution in [1.29, 1.82) is 0 Å². The molecule has 0 atom stereocenters. The minimum Gasteiger partial charge on any atom is -0.466 e. The molecule has 0 aromatic carbocycles. The number of amides is 2. The molecule has 2 amide bonds. The van der Waals surface area contributed by atoms with Gasteiger partial charge in [-0.2, -0.15) is 0 Å². The van der Waals surface area contributed by atoms with Gasteiger partial charge in [-0.3, -0.25) is 19.4 Å². The SMILES string of the molecule is CCCN(CCc1ccnc(N)c1)C(=O)CCC(=O)NCCC(=O)OCC.c1ccncc1. The molecule has 9 heteroatoms. The van der Waals surface area contributed by atoms with Crippen LogP contribution in [-0.4, -0.2) is 58.9 Å². The van der Waals surface area contributed by atoms with Gasteiger partial charge < -0.3 is 20.7 Å². The minimum atomic E-state index is -0.347. The Balaban J connectivity index is 0.000000779. The number of anilines is 1. The van der Waals surface area contributed by atoms with Gasteiger partial charge in [0.2, 0.25) is 11.8 Å². The Morgan fingerprint density at radius 2 is 1.79 bits per heavy atom. The normalized spacial score (nSPS) is 9.88. The summed E-state index contributed by atoms with van der Waals surface area (Å²) in [7, 11) is 0. The topological polar surface area (TPSA) is 128 Å². The second-order valence-electron chi connectivity index (χ2n) is 7.15. The minimum absolute atomic E-state index is 0.0561. The number of nitrogens with zero attached hydrogens (tertiary/aromatic N) is 3. The third kappa shape index (κ3) is 13.5. The maximum absolute atomic E-state index is 12.4. The van der Waals surface area contributed by atoms with Gasteiger partial charge in [-0.1, -0.05) is 13.0 Å². The van der Waals surface area contributed by atoms with Gasteiger partial charge in [0.1, 0.15) is 5.82 Å². The van der Waals surface area contributed by atoms with Crippen molar-refractivity contribution in [3.63, 3.8) is 0 Å². The van der Waals surface area contributed by atoms with Gasteiger partial charge in [-0.15, -0.1) is 0 Å². The first kappa shape index (κ1) is 27.5. The first-order valence-corrected chi connectivity index (χ1v) is 11.2. The second kappa shape index (κ2) is 17.1. The van der Waals surface area contributed by atoms with Gasteiger partial charge in [0.25, 0.3) is 0 Å². The summed E-state index contributed by atoms with van der Waals surface area (Å²) in [6, 6.07) is 9.39. The fourth-order valence-electron chi connectivity index (χ4n) is 2.86. The maximum Gasteiger partial charge on any atom is 0.307 e. The lowest BCUT2D eigenvalue weighted by Crippen LogP contribution is -2.35. The zero-order valence-electron chi connectivity index (χ0n) is 19.5. The summed E-state index contributed by atoms with van der Waals surface area (Å²) in [6.07, 6.45) is 7.05. The van der Waals surface area contributed by atoms with Crippen LogP contribution < -0.4 is 11.1 Å². The van der Waals surface area contributed by atoms with E-state index in [1.165, 1.54) is 0 Å². The number of nitrogens with one attached hydrogen (secondary N) is 1. The molecule has 0 saturated carbocycles. The van der Waals surface area contributed by atoms with E-state index < -0.39 is 0 Å². The molecule has 2 aromatic heterocycles. The Hall–Kier alpha value is -3.49. The Morgan fingerprint density at radius 3 is 2.36 bits per heavy atom. The summed E-state index contributed by atoms with van der Waals surface area (Å²) in [5, 5.41) is 2.63. The first-order valence-electron chi connectivity index (χ1n) is 11.2. The van der Waals surface area contributed by atoms with Crippen LogP contribution in [0.2, 0.25) is 0 Å². The molecule has 0 unspecified atom stereocenters. The molecule has 9 nitrogen and oxygen atoms in total. The predicted octanol–water partition coefficient (Wildman–Crippen LogP) is 2.38. The van der Waals surface area contributed by atoms with Crippen molar-refractivity contribution in [2.24, 2.45) is 0 Å². The van der Waals surface area contributed by atoms with E-state index in [9.17, 15) is 14.4 Å². The maximum atomic E-state index is 12.4. The van der Waals surface area contributed by atoms with E-state index in [2.05, 4.69) is 15.3 Å². The average molecular weight is 458 g/mol. The number of rotatable bonds is 12. The van der Waals surface area contributed by atoms with Crippen molar-refractivity contribution in [2.45, 2.75) is 46.0 Å². The summed E-state index contributed by atoms with van der Waals surface area (Å²) < 4.78 is 4.79. The standard InChI is InChI=1S/C19H30N4O4.C5H5N/c1-3-12-23(13-9-15-7-10-21-16(20)14-15)18(25)6-5-17(24)22-11-8-19(26)27-4-2;1-2-4-6-5-3-1/h7,10,14H,3-6,8-9,11-13H2,1-2H3,(H2,20,21)(H,22,24);1-5H. The van der Waals surface area contributed by atoms with Gasteiger partial charge in [0, 0.05) is 51.1 Å². The third-order valence-electron chi connectivity index (χ3n) is 4.45. The van der Waals surface area contributed by atoms with Crippen LogP contribution in [0.4, 0.5) is 5.82 Å². The first-order chi connectivity index (χ1) is 16.0. The highest BCUT2D eigenvalue weighted by Gasteiger charge is 2.15. The lowest BCUT2D eigenvalue weighted by atomic mass is 10.1. The van der Waals surface area contributed by atoms with E-state index in [-0.39, 0.29) is 43.6 Å². The van der Waals surface area contributed by atoms with E-state index in [0.29, 0.717) is 31.9 Å². The summed E-state index contributed by atoms with van der Waals surface area (Å²) in [6.45, 7) is 5.49. The number of carbonyl (C=O) groups is 3. The van der Waals surface area contributed by atoms with Crippen molar-refractivity contribution in [3.8, 4) is 0 Å². The van der Waals surface area contributed by atoms with Crippen molar-refractivity contribution >= 4 is 23.6 Å². The quantitative estimate of drug-likeness (QED) is 0.468. The van der Waals surface area contributed by atoms with Crippen molar-refractivity contribution < 1.29 is 19.1 Å². The van der Waals surface area contributed by atoms with Crippen LogP contribution in [0.1, 0.15) is 45.1 Å². The van der Waals surface area contributed by atoms with Crippen LogP contribution in [0.15, 0.2) is 48.9 Å². The molecule has 0 fully saturated rings. The molecule has 0 aliphatic carbocycles. The molecule has 2 aromatic rings. The molecule has 0 spiro atoms. The molecule has 33 heavy (non-hydrogen) atoms.